The Morgan fingerprint density at radius 2 is 1.47 bits per heavy atom. The van der Waals surface area contributed by atoms with Crippen molar-refractivity contribution in [3.05, 3.63) is 136 Å². The van der Waals surface area contributed by atoms with E-state index in [0.29, 0.717) is 52.3 Å². The van der Waals surface area contributed by atoms with Gasteiger partial charge in [-0.25, -0.2) is 23.0 Å². The Morgan fingerprint density at radius 1 is 0.872 bits per heavy atom. The minimum atomic E-state index is -3.42. The van der Waals surface area contributed by atoms with Gasteiger partial charge >= 0.3 is 12.0 Å². The maximum absolute atomic E-state index is 13.8. The van der Waals surface area contributed by atoms with E-state index in [4.69, 9.17) is 11.6 Å². The topological polar surface area (TPSA) is 129 Å². The molecule has 0 radical (unpaired) electrons. The number of hydrogen-bond acceptors (Lipinski definition) is 6. The van der Waals surface area contributed by atoms with Crippen molar-refractivity contribution >= 4 is 55.8 Å². The highest BCUT2D eigenvalue weighted by molar-refractivity contribution is 7.92. The zero-order valence-electron chi connectivity index (χ0n) is 25.5. The first kappa shape index (κ1) is 33.6. The molecule has 9 nitrogen and oxygen atoms in total. The number of anilines is 2. The van der Waals surface area contributed by atoms with Crippen LogP contribution in [-0.4, -0.2) is 54.8 Å². The van der Waals surface area contributed by atoms with Crippen molar-refractivity contribution < 1.29 is 23.1 Å². The zero-order chi connectivity index (χ0) is 33.4. The van der Waals surface area contributed by atoms with Crippen molar-refractivity contribution in [2.45, 2.75) is 18.8 Å². The van der Waals surface area contributed by atoms with Gasteiger partial charge in [-0.1, -0.05) is 108 Å². The molecule has 0 saturated heterocycles. The Hall–Kier alpha value is -4.71. The van der Waals surface area contributed by atoms with Gasteiger partial charge < -0.3 is 10.0 Å². The van der Waals surface area contributed by atoms with Gasteiger partial charge in [0.1, 0.15) is 10.0 Å². The molecular formula is C35H33ClN4O5S2. The minimum Gasteiger partial charge on any atom is -0.478 e. The van der Waals surface area contributed by atoms with Crippen LogP contribution in [0.1, 0.15) is 39.4 Å². The summed E-state index contributed by atoms with van der Waals surface area (Å²) < 4.78 is 25.9. The average molecular weight is 689 g/mol. The molecule has 5 rings (SSSR count). The quantitative estimate of drug-likeness (QED) is 0.116. The van der Waals surface area contributed by atoms with Crippen LogP contribution in [0.2, 0.25) is 4.34 Å². The third kappa shape index (κ3) is 9.41. The molecule has 0 aliphatic carbocycles. The summed E-state index contributed by atoms with van der Waals surface area (Å²) in [6.45, 7) is 0.823. The van der Waals surface area contributed by atoms with E-state index in [2.05, 4.69) is 39.3 Å². The lowest BCUT2D eigenvalue weighted by molar-refractivity contribution is 0.0697. The predicted molar refractivity (Wildman–Crippen MR) is 188 cm³/mol. The van der Waals surface area contributed by atoms with E-state index >= 15 is 0 Å². The number of urea groups is 1. The van der Waals surface area contributed by atoms with Crippen LogP contribution < -0.4 is 10.0 Å². The van der Waals surface area contributed by atoms with E-state index in [0.717, 1.165) is 34.3 Å². The van der Waals surface area contributed by atoms with E-state index in [1.54, 1.807) is 53.4 Å². The molecule has 2 amide bonds. The van der Waals surface area contributed by atoms with Crippen LogP contribution in [0.4, 0.5) is 15.6 Å². The van der Waals surface area contributed by atoms with Crippen molar-refractivity contribution in [3.63, 3.8) is 0 Å². The number of sulfonamides is 1. The molecule has 5 aromatic rings. The Kier molecular flexibility index (Phi) is 10.9. The maximum atomic E-state index is 13.8. The van der Waals surface area contributed by atoms with Crippen molar-refractivity contribution in [1.29, 1.82) is 0 Å². The highest BCUT2D eigenvalue weighted by Gasteiger charge is 2.21. The molecule has 0 saturated carbocycles. The molecule has 0 aliphatic rings. The van der Waals surface area contributed by atoms with Gasteiger partial charge in [-0.2, -0.15) is 0 Å². The molecule has 0 spiro atoms. The normalized spacial score (nSPS) is 11.3. The Balaban J connectivity index is 1.35. The number of nitrogens with zero attached hydrogens (tertiary/aromatic N) is 2. The van der Waals surface area contributed by atoms with Gasteiger partial charge in [0.05, 0.1) is 11.8 Å². The number of rotatable bonds is 13. The van der Waals surface area contributed by atoms with Gasteiger partial charge in [0.25, 0.3) is 0 Å². The summed E-state index contributed by atoms with van der Waals surface area (Å²) in [7, 11) is -3.42. The minimum absolute atomic E-state index is 0.0589. The summed E-state index contributed by atoms with van der Waals surface area (Å²) in [5, 5.41) is 12.5. The number of aromatic carboxylic acids is 1. The number of carbonyl (C=O) groups excluding carboxylic acids is 1. The first-order chi connectivity index (χ1) is 22.6. The summed E-state index contributed by atoms with van der Waals surface area (Å²) >= 11 is 7.68. The molecule has 1 aromatic heterocycles. The fraction of sp³-hybridized carbons (Fsp3) is 0.171. The fourth-order valence-corrected chi connectivity index (χ4v) is 6.83. The number of carbonyl (C=O) groups is 2. The van der Waals surface area contributed by atoms with Crippen LogP contribution in [0.15, 0.2) is 109 Å². The van der Waals surface area contributed by atoms with E-state index in [1.165, 1.54) is 0 Å². The van der Waals surface area contributed by atoms with Gasteiger partial charge in [-0.15, -0.1) is 0 Å². The first-order valence-electron chi connectivity index (χ1n) is 14.8. The summed E-state index contributed by atoms with van der Waals surface area (Å²) in [5.74, 6) is -0.933. The second kappa shape index (κ2) is 15.3. The van der Waals surface area contributed by atoms with Crippen molar-refractivity contribution in [2.24, 2.45) is 0 Å². The van der Waals surface area contributed by atoms with E-state index in [-0.39, 0.29) is 17.5 Å². The molecular weight excluding hydrogens is 656 g/mol. The van der Waals surface area contributed by atoms with Crippen molar-refractivity contribution in [1.82, 2.24) is 9.88 Å². The molecule has 0 unspecified atom stereocenters. The molecule has 0 aliphatic heterocycles. The number of carboxylic acids is 1. The van der Waals surface area contributed by atoms with E-state index < -0.39 is 16.0 Å². The van der Waals surface area contributed by atoms with Crippen molar-refractivity contribution in [3.8, 4) is 11.3 Å². The third-order valence-corrected chi connectivity index (χ3v) is 9.29. The second-order valence-electron chi connectivity index (χ2n) is 10.9. The number of aromatic nitrogens is 1. The lowest BCUT2D eigenvalue weighted by Crippen LogP contribution is -2.38. The second-order valence-corrected chi connectivity index (χ2v) is 14.3. The number of benzene rings is 4. The summed E-state index contributed by atoms with van der Waals surface area (Å²) in [4.78, 5) is 31.4. The molecule has 4 aromatic carbocycles. The zero-order valence-corrected chi connectivity index (χ0v) is 27.9. The highest BCUT2D eigenvalue weighted by atomic mass is 35.5. The molecule has 0 fully saturated rings. The molecule has 1 heterocycles. The monoisotopic (exact) mass is 688 g/mol. The molecule has 0 bridgehead atoms. The average Bonchev–Trinajstić information content (AvgIpc) is 3.42. The largest absolute Gasteiger partial charge is 0.478 e. The summed E-state index contributed by atoms with van der Waals surface area (Å²) in [6.07, 6.45) is 2.26. The van der Waals surface area contributed by atoms with Crippen LogP contribution in [0.3, 0.4) is 0 Å². The van der Waals surface area contributed by atoms with Gasteiger partial charge in [0, 0.05) is 30.3 Å². The van der Waals surface area contributed by atoms with Crippen LogP contribution in [0.5, 0.6) is 0 Å². The lowest BCUT2D eigenvalue weighted by Gasteiger charge is -2.26. The Labute approximate surface area is 282 Å². The SMILES string of the molecule is CS(=O)(=O)Nc1ccc(-c2nc(NC(=O)N(CCc3ccc(C(=O)O)cc3)CCC(c3ccccc3)c3ccccc3)sc2Cl)cc1. The van der Waals surface area contributed by atoms with Crippen LogP contribution in [0, 0.1) is 0 Å². The number of thiazole rings is 1. The molecule has 12 heteroatoms. The van der Waals surface area contributed by atoms with Crippen LogP contribution in [-0.2, 0) is 16.4 Å². The number of halogens is 1. The van der Waals surface area contributed by atoms with Crippen molar-refractivity contribution in [2.75, 3.05) is 29.4 Å². The van der Waals surface area contributed by atoms with Gasteiger partial charge in [0.15, 0.2) is 5.13 Å². The highest BCUT2D eigenvalue weighted by Crippen LogP contribution is 2.36. The standard InChI is InChI=1S/C35H33ClN4O5S2/c1-47(44,45)39-29-18-16-27(17-19-29)31-32(36)46-34(37-31)38-35(43)40(22-20-24-12-14-28(15-13-24)33(41)42)23-21-30(25-8-4-2-5-9-25)26-10-6-3-7-11-26/h2-19,30,39H,20-23H2,1H3,(H,41,42)(H,37,38,43). The van der Waals surface area contributed by atoms with Crippen LogP contribution in [0.25, 0.3) is 11.3 Å². The third-order valence-electron chi connectivity index (χ3n) is 7.51. The number of nitrogens with one attached hydrogen (secondary N) is 2. The molecule has 3 N–H and O–H groups in total. The summed E-state index contributed by atoms with van der Waals surface area (Å²) in [6, 6.07) is 33.3. The molecule has 0 atom stereocenters. The van der Waals surface area contributed by atoms with Gasteiger partial charge in [-0.3, -0.25) is 10.0 Å². The summed E-state index contributed by atoms with van der Waals surface area (Å²) in [5.41, 5.74) is 4.96. The Bertz CT molecular complexity index is 1880. The number of carboxylic acid groups (broad SMARTS) is 1. The maximum Gasteiger partial charge on any atom is 0.335 e. The predicted octanol–water partition coefficient (Wildman–Crippen LogP) is 7.83. The Morgan fingerprint density at radius 3 is 2.02 bits per heavy atom. The van der Waals surface area contributed by atoms with Gasteiger partial charge in [0.2, 0.25) is 10.0 Å². The van der Waals surface area contributed by atoms with Gasteiger partial charge in [-0.05, 0) is 53.8 Å². The fourth-order valence-electron chi connectivity index (χ4n) is 5.19. The molecule has 242 valence electrons. The number of amides is 2. The first-order valence-corrected chi connectivity index (χ1v) is 17.9. The molecule has 47 heavy (non-hydrogen) atoms. The van der Waals surface area contributed by atoms with E-state index in [1.807, 2.05) is 36.4 Å². The number of hydrogen-bond donors (Lipinski definition) is 3. The van der Waals surface area contributed by atoms with Crippen LogP contribution >= 0.6 is 22.9 Å². The smallest absolute Gasteiger partial charge is 0.335 e. The van der Waals surface area contributed by atoms with E-state index in [9.17, 15) is 23.1 Å². The lowest BCUT2D eigenvalue weighted by atomic mass is 9.88.